The van der Waals surface area contributed by atoms with E-state index < -0.39 is 53.7 Å². The Morgan fingerprint density at radius 1 is 0.889 bits per heavy atom. The number of carbonyl (C=O) groups is 4. The molecule has 1 fully saturated rings. The third-order valence-electron chi connectivity index (χ3n) is 3.19. The van der Waals surface area contributed by atoms with Crippen molar-refractivity contribution in [2.75, 3.05) is 6.61 Å². The van der Waals surface area contributed by atoms with E-state index in [9.17, 15) is 19.2 Å². The fourth-order valence-corrected chi connectivity index (χ4v) is 3.20. The van der Waals surface area contributed by atoms with Crippen molar-refractivity contribution in [1.82, 2.24) is 0 Å². The lowest BCUT2D eigenvalue weighted by molar-refractivity contribution is -0.237. The quantitative estimate of drug-likeness (QED) is 0.257. The van der Waals surface area contributed by atoms with E-state index in [2.05, 4.69) is 0 Å². The number of rotatable bonds is 6. The summed E-state index contributed by atoms with van der Waals surface area (Å²) in [4.78, 5) is 45.7. The molecule has 1 rings (SSSR count). The number of esters is 4. The molecule has 0 aromatic heterocycles. The largest absolute Gasteiger partial charge is 0.463 e. The minimum atomic E-state index is -1.26. The van der Waals surface area contributed by atoms with E-state index in [0.717, 1.165) is 20.8 Å². The van der Waals surface area contributed by atoms with E-state index in [1.807, 2.05) is 0 Å². The van der Waals surface area contributed by atoms with Gasteiger partial charge in [0.05, 0.1) is 0 Å². The van der Waals surface area contributed by atoms with Crippen molar-refractivity contribution in [3.05, 3.63) is 0 Å². The number of nitrogens with one attached hydrogen (secondary N) is 1. The van der Waals surface area contributed by atoms with Crippen molar-refractivity contribution >= 4 is 40.8 Å². The maximum absolute atomic E-state index is 11.6. The van der Waals surface area contributed by atoms with Crippen LogP contribution >= 0.6 is 11.8 Å². The number of thioether (sulfide) groups is 1. The Hall–Kier alpha value is -2.34. The maximum atomic E-state index is 11.6. The van der Waals surface area contributed by atoms with Gasteiger partial charge < -0.3 is 29.4 Å². The van der Waals surface area contributed by atoms with Gasteiger partial charge in [0.25, 0.3) is 0 Å². The minimum Gasteiger partial charge on any atom is -0.463 e. The summed E-state index contributed by atoms with van der Waals surface area (Å²) in [5.41, 5.74) is 4.33. The summed E-state index contributed by atoms with van der Waals surface area (Å²) in [6, 6.07) is 0. The monoisotopic (exact) mass is 406 g/mol. The summed E-state index contributed by atoms with van der Waals surface area (Å²) in [5.74, 6) is -2.76. The number of hydrogen-bond donors (Lipinski definition) is 2. The second-order valence-corrected chi connectivity index (χ2v) is 6.69. The van der Waals surface area contributed by atoms with Gasteiger partial charge in [0.1, 0.15) is 12.7 Å². The Kier molecular flexibility index (Phi) is 8.50. The molecule has 5 atom stereocenters. The van der Waals surface area contributed by atoms with E-state index in [4.69, 9.17) is 34.8 Å². The van der Waals surface area contributed by atoms with Gasteiger partial charge >= 0.3 is 23.9 Å². The Morgan fingerprint density at radius 3 is 1.81 bits per heavy atom. The first-order valence-corrected chi connectivity index (χ1v) is 8.70. The highest BCUT2D eigenvalue weighted by molar-refractivity contribution is 8.14. The molecule has 27 heavy (non-hydrogen) atoms. The van der Waals surface area contributed by atoms with Crippen LogP contribution in [0.2, 0.25) is 0 Å². The summed E-state index contributed by atoms with van der Waals surface area (Å²) >= 11 is 0.705. The summed E-state index contributed by atoms with van der Waals surface area (Å²) in [6.45, 7) is 4.24. The van der Waals surface area contributed by atoms with Crippen LogP contribution in [0.1, 0.15) is 27.7 Å². The zero-order valence-electron chi connectivity index (χ0n) is 15.3. The van der Waals surface area contributed by atoms with Crippen LogP contribution < -0.4 is 5.73 Å². The molecule has 3 N–H and O–H groups in total. The van der Waals surface area contributed by atoms with Gasteiger partial charge in [-0.2, -0.15) is 0 Å². The Labute approximate surface area is 159 Å². The summed E-state index contributed by atoms with van der Waals surface area (Å²) in [7, 11) is 0. The molecular weight excluding hydrogens is 384 g/mol. The molecule has 0 aliphatic carbocycles. The number of hydrogen-bond acceptors (Lipinski definition) is 11. The minimum absolute atomic E-state index is 0.327. The Morgan fingerprint density at radius 2 is 1.37 bits per heavy atom. The van der Waals surface area contributed by atoms with Crippen LogP contribution in [0.4, 0.5) is 0 Å². The van der Waals surface area contributed by atoms with Crippen LogP contribution in [-0.4, -0.2) is 65.5 Å². The van der Waals surface area contributed by atoms with Crippen LogP contribution in [-0.2, 0) is 42.9 Å². The van der Waals surface area contributed by atoms with Crippen LogP contribution in [0.15, 0.2) is 0 Å². The molecule has 1 saturated heterocycles. The first-order valence-electron chi connectivity index (χ1n) is 7.82. The molecule has 1 heterocycles. The lowest BCUT2D eigenvalue weighted by Crippen LogP contribution is -2.61. The molecule has 0 bridgehead atoms. The van der Waals surface area contributed by atoms with Gasteiger partial charge in [-0.1, -0.05) is 11.8 Å². The summed E-state index contributed by atoms with van der Waals surface area (Å²) < 4.78 is 26.2. The first kappa shape index (κ1) is 22.7. The lowest BCUT2D eigenvalue weighted by atomic mass is 9.99. The number of nitrogens with two attached hydrogens (primary N) is 1. The van der Waals surface area contributed by atoms with E-state index in [-0.39, 0.29) is 11.8 Å². The van der Waals surface area contributed by atoms with Crippen LogP contribution in [0, 0.1) is 5.41 Å². The zero-order chi connectivity index (χ0) is 20.7. The fourth-order valence-electron chi connectivity index (χ4n) is 2.41. The average molecular weight is 406 g/mol. The molecule has 11 nitrogen and oxygen atoms in total. The predicted molar refractivity (Wildman–Crippen MR) is 91.5 cm³/mol. The van der Waals surface area contributed by atoms with Crippen LogP contribution in [0.5, 0.6) is 0 Å². The summed E-state index contributed by atoms with van der Waals surface area (Å²) in [6.07, 6.45) is -4.76. The van der Waals surface area contributed by atoms with Gasteiger partial charge in [-0.05, 0) is 0 Å². The maximum Gasteiger partial charge on any atom is 0.303 e. The molecule has 0 aromatic carbocycles. The number of amidine groups is 1. The van der Waals surface area contributed by atoms with Gasteiger partial charge in [-0.3, -0.25) is 24.6 Å². The Bertz CT molecular complexity index is 612. The molecule has 0 radical (unpaired) electrons. The molecule has 0 spiro atoms. The predicted octanol–water partition coefficient (Wildman–Crippen LogP) is -0.304. The molecule has 0 aromatic rings. The lowest BCUT2D eigenvalue weighted by Gasteiger charge is -2.43. The molecule has 12 heteroatoms. The average Bonchev–Trinajstić information content (AvgIpc) is 2.49. The zero-order valence-corrected chi connectivity index (χ0v) is 16.1. The van der Waals surface area contributed by atoms with E-state index in [0.29, 0.717) is 11.8 Å². The molecule has 1 unspecified atom stereocenters. The Balaban J connectivity index is 3.29. The highest BCUT2D eigenvalue weighted by Gasteiger charge is 2.52. The van der Waals surface area contributed by atoms with Gasteiger partial charge in [0.2, 0.25) is 0 Å². The number of ether oxygens (including phenoxy) is 5. The van der Waals surface area contributed by atoms with Gasteiger partial charge in [0, 0.05) is 27.7 Å². The van der Waals surface area contributed by atoms with Crippen molar-refractivity contribution in [1.29, 1.82) is 5.41 Å². The van der Waals surface area contributed by atoms with E-state index in [1.165, 1.54) is 6.92 Å². The molecule has 0 saturated carbocycles. The second-order valence-electron chi connectivity index (χ2n) is 5.55. The third-order valence-corrected chi connectivity index (χ3v) is 4.06. The fraction of sp³-hybridized carbons (Fsp3) is 0.667. The van der Waals surface area contributed by atoms with Crippen LogP contribution in [0.3, 0.4) is 0 Å². The first-order chi connectivity index (χ1) is 12.5. The van der Waals surface area contributed by atoms with Crippen molar-refractivity contribution in [2.24, 2.45) is 5.73 Å². The van der Waals surface area contributed by atoms with Crippen molar-refractivity contribution in [3.8, 4) is 0 Å². The van der Waals surface area contributed by atoms with Gasteiger partial charge in [0.15, 0.2) is 28.9 Å². The normalized spacial score (nSPS) is 27.2. The van der Waals surface area contributed by atoms with E-state index in [1.54, 1.807) is 0 Å². The van der Waals surface area contributed by atoms with Crippen molar-refractivity contribution in [3.63, 3.8) is 0 Å². The number of carbonyl (C=O) groups excluding carboxylic acids is 4. The highest BCUT2D eigenvalue weighted by atomic mass is 32.2. The molecule has 152 valence electrons. The van der Waals surface area contributed by atoms with Gasteiger partial charge in [-0.25, -0.2) is 0 Å². The summed E-state index contributed by atoms with van der Waals surface area (Å²) in [5, 5.41) is 7.10. The van der Waals surface area contributed by atoms with E-state index >= 15 is 0 Å². The molecule has 1 aliphatic rings. The third kappa shape index (κ3) is 7.43. The van der Waals surface area contributed by atoms with Gasteiger partial charge in [-0.15, -0.1) is 0 Å². The topological polar surface area (TPSA) is 164 Å². The molecular formula is C15H22N2O9S. The second kappa shape index (κ2) is 10.1. The highest BCUT2D eigenvalue weighted by Crippen LogP contribution is 2.34. The molecule has 0 amide bonds. The van der Waals surface area contributed by atoms with Crippen molar-refractivity contribution < 1.29 is 42.9 Å². The molecule has 1 aliphatic heterocycles. The SMILES string of the molecule is CC(=O)OC[C@H]1OC(SC(=N)N)[C@@H](OC(C)=O)[C@@H](OC(C)=O)[C@@H]1OC(C)=O. The smallest absolute Gasteiger partial charge is 0.303 e. The van der Waals surface area contributed by atoms with Crippen molar-refractivity contribution in [2.45, 2.75) is 57.5 Å². The van der Waals surface area contributed by atoms with Crippen LogP contribution in [0.25, 0.3) is 0 Å². The standard InChI is InChI=1S/C15H22N2O9S/c1-6(18)22-5-10-11(23-7(2)19)12(24-8(3)20)13(25-9(4)21)14(26-10)27-15(16)17/h10-14H,5H2,1-4H3,(H3,16,17)/t10-,11-,12+,13+,14?/m1/s1.